The number of hydrogen-bond acceptors (Lipinski definition) is 3. The van der Waals surface area contributed by atoms with E-state index >= 15 is 0 Å². The number of hydrogen-bond donors (Lipinski definition) is 3. The lowest BCUT2D eigenvalue weighted by Crippen LogP contribution is -2.43. The monoisotopic (exact) mass is 247 g/mol. The van der Waals surface area contributed by atoms with Crippen LogP contribution < -0.4 is 16.4 Å². The van der Waals surface area contributed by atoms with Crippen LogP contribution in [-0.4, -0.2) is 31.4 Å². The van der Waals surface area contributed by atoms with Crippen molar-refractivity contribution in [3.8, 4) is 0 Å². The summed E-state index contributed by atoms with van der Waals surface area (Å²) in [6.45, 7) is 1.15. The average Bonchev–Trinajstić information content (AvgIpc) is 2.36. The van der Waals surface area contributed by atoms with Gasteiger partial charge in [0.05, 0.1) is 0 Å². The molecule has 0 radical (unpaired) electrons. The van der Waals surface area contributed by atoms with Crippen LogP contribution in [0.2, 0.25) is 0 Å². The lowest BCUT2D eigenvalue weighted by Gasteiger charge is -2.30. The summed E-state index contributed by atoms with van der Waals surface area (Å²) < 4.78 is 0. The molecule has 18 heavy (non-hydrogen) atoms. The maximum absolute atomic E-state index is 11.4. The molecule has 0 bridgehead atoms. The lowest BCUT2D eigenvalue weighted by atomic mass is 9.77. The van der Waals surface area contributed by atoms with Gasteiger partial charge in [0.15, 0.2) is 0 Å². The van der Waals surface area contributed by atoms with Crippen LogP contribution in [0.1, 0.15) is 17.0 Å². The summed E-state index contributed by atoms with van der Waals surface area (Å²) in [5.74, 6) is -0.881. The molecule has 0 saturated heterocycles. The molecule has 0 spiro atoms. The Labute approximate surface area is 106 Å². The van der Waals surface area contributed by atoms with Crippen molar-refractivity contribution in [3.05, 3.63) is 35.4 Å². The van der Waals surface area contributed by atoms with Gasteiger partial charge in [-0.15, -0.1) is 0 Å². The molecule has 1 aliphatic rings. The van der Waals surface area contributed by atoms with Crippen LogP contribution in [0.5, 0.6) is 0 Å². The van der Waals surface area contributed by atoms with E-state index in [1.165, 1.54) is 11.1 Å². The van der Waals surface area contributed by atoms with Crippen molar-refractivity contribution in [1.29, 1.82) is 0 Å². The van der Waals surface area contributed by atoms with Crippen molar-refractivity contribution < 1.29 is 9.59 Å². The summed E-state index contributed by atoms with van der Waals surface area (Å²) >= 11 is 0. The minimum Gasteiger partial charge on any atom is -0.347 e. The fourth-order valence-electron chi connectivity index (χ4n) is 2.11. The van der Waals surface area contributed by atoms with Crippen molar-refractivity contribution in [2.24, 2.45) is 5.73 Å². The topological polar surface area (TPSA) is 84.2 Å². The molecule has 0 aliphatic heterocycles. The van der Waals surface area contributed by atoms with E-state index in [4.69, 9.17) is 5.73 Å². The summed E-state index contributed by atoms with van der Waals surface area (Å²) in [7, 11) is 0. The fraction of sp³-hybridized carbons (Fsp3) is 0.385. The van der Waals surface area contributed by atoms with Gasteiger partial charge in [-0.1, -0.05) is 24.3 Å². The Balaban J connectivity index is 1.77. The van der Waals surface area contributed by atoms with Crippen LogP contribution in [0, 0.1) is 0 Å². The van der Waals surface area contributed by atoms with Crippen LogP contribution in [-0.2, 0) is 16.0 Å². The number of rotatable bonds is 4. The van der Waals surface area contributed by atoms with Crippen molar-refractivity contribution in [1.82, 2.24) is 10.6 Å². The van der Waals surface area contributed by atoms with Crippen molar-refractivity contribution >= 4 is 11.8 Å². The van der Waals surface area contributed by atoms with E-state index in [9.17, 15) is 9.59 Å². The Bertz CT molecular complexity index is 459. The van der Waals surface area contributed by atoms with Gasteiger partial charge in [-0.3, -0.25) is 9.59 Å². The van der Waals surface area contributed by atoms with E-state index in [0.29, 0.717) is 25.6 Å². The standard InChI is InChI=1S/C13H17N3O2/c14-5-6-15-12(17)13(18)16-8-10-7-9-3-1-2-4-11(9)10/h1-4,10H,5-8,14H2,(H,15,17)(H,16,18). The lowest BCUT2D eigenvalue weighted by molar-refractivity contribution is -0.139. The molecular formula is C13H17N3O2. The number of carbonyl (C=O) groups is 2. The normalized spacial score (nSPS) is 16.4. The molecule has 1 unspecified atom stereocenters. The van der Waals surface area contributed by atoms with Crippen LogP contribution in [0.15, 0.2) is 24.3 Å². The molecule has 1 aromatic rings. The highest BCUT2D eigenvalue weighted by Crippen LogP contribution is 2.33. The zero-order valence-corrected chi connectivity index (χ0v) is 10.1. The third-order valence-electron chi connectivity index (χ3n) is 3.11. The second-order valence-corrected chi connectivity index (χ2v) is 4.35. The van der Waals surface area contributed by atoms with E-state index in [1.807, 2.05) is 12.1 Å². The summed E-state index contributed by atoms with van der Waals surface area (Å²) in [6.07, 6.45) is 0.959. The Morgan fingerprint density at radius 2 is 1.94 bits per heavy atom. The number of benzene rings is 1. The Kier molecular flexibility index (Phi) is 3.94. The van der Waals surface area contributed by atoms with Gasteiger partial charge in [0.2, 0.25) is 0 Å². The molecular weight excluding hydrogens is 230 g/mol. The van der Waals surface area contributed by atoms with Gasteiger partial charge in [0, 0.05) is 25.6 Å². The molecule has 1 aliphatic carbocycles. The van der Waals surface area contributed by atoms with E-state index in [-0.39, 0.29) is 0 Å². The minimum absolute atomic E-state index is 0.318. The SMILES string of the molecule is NCCNC(=O)C(=O)NCC1Cc2ccccc21. The second kappa shape index (κ2) is 5.64. The highest BCUT2D eigenvalue weighted by atomic mass is 16.2. The molecule has 0 fully saturated rings. The third-order valence-corrected chi connectivity index (χ3v) is 3.11. The van der Waals surface area contributed by atoms with Crippen LogP contribution >= 0.6 is 0 Å². The summed E-state index contributed by atoms with van der Waals surface area (Å²) in [4.78, 5) is 22.7. The molecule has 2 amide bonds. The first-order valence-corrected chi connectivity index (χ1v) is 6.06. The van der Waals surface area contributed by atoms with Gasteiger partial charge in [-0.25, -0.2) is 0 Å². The van der Waals surface area contributed by atoms with Gasteiger partial charge in [0.25, 0.3) is 0 Å². The van der Waals surface area contributed by atoms with E-state index in [1.54, 1.807) is 0 Å². The first-order chi connectivity index (χ1) is 8.72. The van der Waals surface area contributed by atoms with Crippen molar-refractivity contribution in [2.45, 2.75) is 12.3 Å². The summed E-state index contributed by atoms with van der Waals surface area (Å²) in [6, 6.07) is 8.14. The summed E-state index contributed by atoms with van der Waals surface area (Å²) in [5.41, 5.74) is 7.82. The molecule has 0 saturated carbocycles. The van der Waals surface area contributed by atoms with Gasteiger partial charge in [-0.05, 0) is 17.5 Å². The van der Waals surface area contributed by atoms with Gasteiger partial charge in [0.1, 0.15) is 0 Å². The highest BCUT2D eigenvalue weighted by molar-refractivity contribution is 6.35. The maximum atomic E-state index is 11.4. The van der Waals surface area contributed by atoms with Crippen LogP contribution in [0.3, 0.4) is 0 Å². The molecule has 96 valence electrons. The quantitative estimate of drug-likeness (QED) is 0.628. The van der Waals surface area contributed by atoms with Gasteiger partial charge in [-0.2, -0.15) is 0 Å². The predicted molar refractivity (Wildman–Crippen MR) is 68.0 cm³/mol. The molecule has 4 N–H and O–H groups in total. The van der Waals surface area contributed by atoms with Gasteiger partial charge < -0.3 is 16.4 Å². The van der Waals surface area contributed by atoms with Crippen LogP contribution in [0.25, 0.3) is 0 Å². The summed E-state index contributed by atoms with van der Waals surface area (Å²) in [5, 5.41) is 5.08. The average molecular weight is 247 g/mol. The van der Waals surface area contributed by atoms with Crippen LogP contribution in [0.4, 0.5) is 0 Å². The predicted octanol–water partition coefficient (Wildman–Crippen LogP) is -0.483. The number of fused-ring (bicyclic) bond motifs is 1. The molecule has 0 aromatic heterocycles. The molecule has 2 rings (SSSR count). The maximum Gasteiger partial charge on any atom is 0.309 e. The number of carbonyl (C=O) groups excluding carboxylic acids is 2. The fourth-order valence-corrected chi connectivity index (χ4v) is 2.11. The largest absolute Gasteiger partial charge is 0.347 e. The molecule has 1 aromatic carbocycles. The highest BCUT2D eigenvalue weighted by Gasteiger charge is 2.26. The second-order valence-electron chi connectivity index (χ2n) is 4.35. The number of amides is 2. The zero-order chi connectivity index (χ0) is 13.0. The van der Waals surface area contributed by atoms with Crippen molar-refractivity contribution in [2.75, 3.05) is 19.6 Å². The number of nitrogens with one attached hydrogen (secondary N) is 2. The molecule has 0 heterocycles. The Morgan fingerprint density at radius 1 is 1.22 bits per heavy atom. The van der Waals surface area contributed by atoms with E-state index in [2.05, 4.69) is 22.8 Å². The number of nitrogens with two attached hydrogens (primary N) is 1. The molecule has 5 nitrogen and oxygen atoms in total. The van der Waals surface area contributed by atoms with Gasteiger partial charge >= 0.3 is 11.8 Å². The Morgan fingerprint density at radius 3 is 2.67 bits per heavy atom. The third kappa shape index (κ3) is 2.68. The first-order valence-electron chi connectivity index (χ1n) is 6.06. The first kappa shape index (κ1) is 12.6. The smallest absolute Gasteiger partial charge is 0.309 e. The van der Waals surface area contributed by atoms with E-state index < -0.39 is 11.8 Å². The van der Waals surface area contributed by atoms with E-state index in [0.717, 1.165) is 6.42 Å². The minimum atomic E-state index is -0.618. The molecule has 5 heteroatoms. The Hall–Kier alpha value is -1.88. The van der Waals surface area contributed by atoms with Crippen molar-refractivity contribution in [3.63, 3.8) is 0 Å². The molecule has 1 atom stereocenters. The zero-order valence-electron chi connectivity index (χ0n) is 10.1.